The number of phosphoric ester groups is 2. The molecular formula is C74H140O17P2. The van der Waals surface area contributed by atoms with E-state index in [0.29, 0.717) is 25.7 Å². The van der Waals surface area contributed by atoms with Crippen molar-refractivity contribution >= 4 is 39.5 Å². The van der Waals surface area contributed by atoms with Gasteiger partial charge in [0.25, 0.3) is 0 Å². The largest absolute Gasteiger partial charge is 0.472 e. The number of ether oxygens (including phenoxy) is 4. The monoisotopic (exact) mass is 1360 g/mol. The van der Waals surface area contributed by atoms with E-state index in [0.717, 1.165) is 128 Å². The smallest absolute Gasteiger partial charge is 0.462 e. The van der Waals surface area contributed by atoms with Crippen molar-refractivity contribution in [3.8, 4) is 0 Å². The van der Waals surface area contributed by atoms with Crippen LogP contribution in [-0.2, 0) is 65.4 Å². The van der Waals surface area contributed by atoms with Gasteiger partial charge in [-0.25, -0.2) is 9.13 Å². The fraction of sp³-hybridized carbons (Fsp3) is 0.892. The fourth-order valence-electron chi connectivity index (χ4n) is 10.8. The van der Waals surface area contributed by atoms with E-state index in [1.54, 1.807) is 0 Å². The van der Waals surface area contributed by atoms with E-state index in [2.05, 4.69) is 58.9 Å². The van der Waals surface area contributed by atoms with E-state index in [-0.39, 0.29) is 25.7 Å². The molecule has 93 heavy (non-hydrogen) atoms. The van der Waals surface area contributed by atoms with Gasteiger partial charge in [0.1, 0.15) is 19.3 Å². The fourth-order valence-corrected chi connectivity index (χ4v) is 12.4. The lowest BCUT2D eigenvalue weighted by molar-refractivity contribution is -0.161. The molecule has 0 aromatic heterocycles. The van der Waals surface area contributed by atoms with Gasteiger partial charge in [0.05, 0.1) is 26.4 Å². The summed E-state index contributed by atoms with van der Waals surface area (Å²) in [5.41, 5.74) is 0. The van der Waals surface area contributed by atoms with Crippen LogP contribution in [0.4, 0.5) is 0 Å². The summed E-state index contributed by atoms with van der Waals surface area (Å²) in [6, 6.07) is 0. The molecule has 0 aromatic rings. The topological polar surface area (TPSA) is 237 Å². The van der Waals surface area contributed by atoms with Gasteiger partial charge in [-0.05, 0) is 57.3 Å². The minimum absolute atomic E-state index is 0.102. The molecule has 0 aliphatic heterocycles. The Balaban J connectivity index is 5.24. The van der Waals surface area contributed by atoms with Crippen LogP contribution in [0.5, 0.6) is 0 Å². The van der Waals surface area contributed by atoms with Gasteiger partial charge in [-0.15, -0.1) is 0 Å². The molecule has 0 bridgehead atoms. The number of carbonyl (C=O) groups excluding carboxylic acids is 4. The molecule has 0 radical (unpaired) electrons. The van der Waals surface area contributed by atoms with Crippen LogP contribution in [0.25, 0.3) is 0 Å². The van der Waals surface area contributed by atoms with E-state index >= 15 is 0 Å². The second kappa shape index (κ2) is 66.8. The summed E-state index contributed by atoms with van der Waals surface area (Å²) in [7, 11) is -9.91. The number of esters is 4. The van der Waals surface area contributed by atoms with Crippen LogP contribution >= 0.6 is 15.6 Å². The third-order valence-corrected chi connectivity index (χ3v) is 18.9. The highest BCUT2D eigenvalue weighted by Crippen LogP contribution is 2.45. The van der Waals surface area contributed by atoms with Crippen LogP contribution in [0.15, 0.2) is 24.3 Å². The minimum Gasteiger partial charge on any atom is -0.462 e. The molecule has 19 heteroatoms. The summed E-state index contributed by atoms with van der Waals surface area (Å²) in [5.74, 6) is -1.35. The van der Waals surface area contributed by atoms with E-state index < -0.39 is 97.5 Å². The Kier molecular flexibility index (Phi) is 65.0. The van der Waals surface area contributed by atoms with Gasteiger partial charge < -0.3 is 33.8 Å². The highest BCUT2D eigenvalue weighted by Gasteiger charge is 2.30. The molecule has 0 spiro atoms. The average Bonchev–Trinajstić information content (AvgIpc) is 2.34. The number of carbonyl (C=O) groups is 4. The van der Waals surface area contributed by atoms with E-state index in [9.17, 15) is 43.2 Å². The van der Waals surface area contributed by atoms with Gasteiger partial charge in [-0.2, -0.15) is 0 Å². The van der Waals surface area contributed by atoms with Crippen molar-refractivity contribution in [3.63, 3.8) is 0 Å². The highest BCUT2D eigenvalue weighted by atomic mass is 31.2. The van der Waals surface area contributed by atoms with Gasteiger partial charge >= 0.3 is 39.5 Å². The Bertz CT molecular complexity index is 1880. The molecule has 0 saturated carbocycles. The van der Waals surface area contributed by atoms with Gasteiger partial charge in [0, 0.05) is 25.7 Å². The number of hydrogen-bond donors (Lipinski definition) is 3. The van der Waals surface area contributed by atoms with Crippen LogP contribution in [0.3, 0.4) is 0 Å². The Labute approximate surface area is 567 Å². The summed E-state index contributed by atoms with van der Waals surface area (Å²) in [5, 5.41) is 10.6. The third kappa shape index (κ3) is 66.6. The predicted molar refractivity (Wildman–Crippen MR) is 377 cm³/mol. The first-order chi connectivity index (χ1) is 45.1. The third-order valence-electron chi connectivity index (χ3n) is 17.0. The number of allylic oxidation sites excluding steroid dienone is 4. The zero-order valence-electron chi connectivity index (χ0n) is 59.9. The quantitative estimate of drug-likeness (QED) is 0.0169. The van der Waals surface area contributed by atoms with Gasteiger partial charge in [-0.3, -0.25) is 37.3 Å². The minimum atomic E-state index is -4.96. The lowest BCUT2D eigenvalue weighted by atomic mass is 9.99. The Morgan fingerprint density at radius 2 is 0.602 bits per heavy atom. The van der Waals surface area contributed by atoms with E-state index in [1.807, 2.05) is 0 Å². The molecule has 0 amide bonds. The summed E-state index contributed by atoms with van der Waals surface area (Å²) < 4.78 is 68.3. The van der Waals surface area contributed by atoms with Crippen molar-refractivity contribution in [3.05, 3.63) is 24.3 Å². The highest BCUT2D eigenvalue weighted by molar-refractivity contribution is 7.47. The van der Waals surface area contributed by atoms with E-state index in [4.69, 9.17) is 37.0 Å². The number of aliphatic hydroxyl groups is 1. The molecular weight excluding hydrogens is 1220 g/mol. The molecule has 0 aliphatic rings. The van der Waals surface area contributed by atoms with Crippen molar-refractivity contribution in [2.24, 2.45) is 5.92 Å². The molecule has 0 rings (SSSR count). The number of rotatable bonds is 72. The zero-order valence-corrected chi connectivity index (χ0v) is 61.7. The lowest BCUT2D eigenvalue weighted by Gasteiger charge is -2.21. The van der Waals surface area contributed by atoms with Crippen LogP contribution in [0.1, 0.15) is 362 Å². The maximum absolute atomic E-state index is 13.1. The van der Waals surface area contributed by atoms with Crippen LogP contribution in [0, 0.1) is 5.92 Å². The maximum atomic E-state index is 13.1. The van der Waals surface area contributed by atoms with Gasteiger partial charge in [0.2, 0.25) is 0 Å². The van der Waals surface area contributed by atoms with Crippen molar-refractivity contribution in [2.75, 3.05) is 39.6 Å². The molecule has 0 fully saturated rings. The standard InChI is InChI=1S/C74H140O17P2/c1-6-10-13-16-19-21-23-25-27-28-30-32-34-39-44-49-54-59-73(78)91-70(64-85-72(77)58-53-48-43-38-33-31-29-26-24-22-20-17-14-11-7-2)66-89-93(82,83)87-62-68(75)61-86-92(80,81)88-65-69(63-84-71(76)57-52-47-41-18-15-12-8-3)90-74(79)60-55-50-45-40-36-35-37-42-46-51-56-67(5)9-4/h22,24,26,29,67-70,75H,6-21,23,25,27-28,30-66H2,1-5H3,(H,80,81)(H,82,83)/b24-22-,29-26-/t67?,68-,69+,70+/m0/s1. The number of hydrogen-bond acceptors (Lipinski definition) is 15. The average molecular weight is 1360 g/mol. The molecule has 3 N–H and O–H groups in total. The van der Waals surface area contributed by atoms with Crippen molar-refractivity contribution in [1.82, 2.24) is 0 Å². The van der Waals surface area contributed by atoms with Crippen molar-refractivity contribution < 1.29 is 80.2 Å². The van der Waals surface area contributed by atoms with Crippen molar-refractivity contribution in [2.45, 2.75) is 380 Å². The molecule has 0 aliphatic carbocycles. The normalized spacial score (nSPS) is 14.5. The maximum Gasteiger partial charge on any atom is 0.472 e. The zero-order chi connectivity index (χ0) is 68.4. The molecule has 548 valence electrons. The first-order valence-electron chi connectivity index (χ1n) is 38.0. The van der Waals surface area contributed by atoms with Crippen LogP contribution in [0.2, 0.25) is 0 Å². The predicted octanol–water partition coefficient (Wildman–Crippen LogP) is 21.2. The summed E-state index contributed by atoms with van der Waals surface area (Å²) in [6.07, 6.45) is 57.7. The molecule has 0 saturated heterocycles. The second-order valence-electron chi connectivity index (χ2n) is 26.2. The molecule has 3 unspecified atom stereocenters. The Hall–Kier alpha value is -2.46. The summed E-state index contributed by atoms with van der Waals surface area (Å²) in [6.45, 7) is 7.19. The Morgan fingerprint density at radius 3 is 0.914 bits per heavy atom. The number of phosphoric acid groups is 2. The molecule has 0 aromatic carbocycles. The lowest BCUT2D eigenvalue weighted by Crippen LogP contribution is -2.30. The molecule has 6 atom stereocenters. The first-order valence-corrected chi connectivity index (χ1v) is 41.0. The number of unbranched alkanes of at least 4 members (excludes halogenated alkanes) is 40. The van der Waals surface area contributed by atoms with Crippen LogP contribution < -0.4 is 0 Å². The van der Waals surface area contributed by atoms with Gasteiger partial charge in [0.15, 0.2) is 12.2 Å². The molecule has 17 nitrogen and oxygen atoms in total. The first kappa shape index (κ1) is 90.5. The molecule has 0 heterocycles. The van der Waals surface area contributed by atoms with Gasteiger partial charge in [-0.1, -0.05) is 309 Å². The van der Waals surface area contributed by atoms with Crippen molar-refractivity contribution in [1.29, 1.82) is 0 Å². The summed E-state index contributed by atoms with van der Waals surface area (Å²) >= 11 is 0. The number of aliphatic hydroxyl groups excluding tert-OH is 1. The van der Waals surface area contributed by atoms with E-state index in [1.165, 1.54) is 154 Å². The summed E-state index contributed by atoms with van der Waals surface area (Å²) in [4.78, 5) is 72.6. The SMILES string of the molecule is CCCCCC/C=C\C=C/CCCCCCCC(=O)OC[C@H](COP(=O)(O)OC[C@@H](O)COP(=O)(O)OC[C@@H](COC(=O)CCCCCCCCC)OC(=O)CCCCCCCCCCCCC(C)CC)OC(=O)CCCCCCCCCCCCCCCCCCC. The second-order valence-corrected chi connectivity index (χ2v) is 29.1. The van der Waals surface area contributed by atoms with Crippen LogP contribution in [-0.4, -0.2) is 96.7 Å². The Morgan fingerprint density at radius 1 is 0.344 bits per heavy atom.